The zero-order valence-corrected chi connectivity index (χ0v) is 14.8. The quantitative estimate of drug-likeness (QED) is 0.627. The van der Waals surface area contributed by atoms with Crippen molar-refractivity contribution < 1.29 is 14.3 Å². The molecule has 5 nitrogen and oxygen atoms in total. The summed E-state index contributed by atoms with van der Waals surface area (Å²) in [4.78, 5) is 11.7. The fourth-order valence-corrected chi connectivity index (χ4v) is 2.27. The lowest BCUT2D eigenvalue weighted by Crippen LogP contribution is -2.08. The monoisotopic (exact) mass is 340 g/mol. The third-order valence-electron chi connectivity index (χ3n) is 3.67. The van der Waals surface area contributed by atoms with Crippen molar-refractivity contribution in [3.05, 3.63) is 59.7 Å². The van der Waals surface area contributed by atoms with Crippen LogP contribution in [0.15, 0.2) is 58.8 Å². The minimum absolute atomic E-state index is 0.115. The molecule has 0 heterocycles. The number of azo groups is 1. The number of aryl methyl sites for hydroxylation is 1. The molecule has 0 aromatic heterocycles. The number of nitrogens with zero attached hydrogens (tertiary/aromatic N) is 2. The Morgan fingerprint density at radius 2 is 1.84 bits per heavy atom. The molecule has 0 saturated heterocycles. The van der Waals surface area contributed by atoms with Crippen LogP contribution >= 0.6 is 0 Å². The summed E-state index contributed by atoms with van der Waals surface area (Å²) in [5.74, 6) is 1.01. The first-order valence-electron chi connectivity index (χ1n) is 8.46. The lowest BCUT2D eigenvalue weighted by Gasteiger charge is -2.05. The Labute approximate surface area is 148 Å². The van der Waals surface area contributed by atoms with Crippen molar-refractivity contribution in [3.8, 4) is 11.5 Å². The number of carbonyl (C=O) groups excluding carboxylic acids is 1. The van der Waals surface area contributed by atoms with Crippen LogP contribution < -0.4 is 9.47 Å². The highest BCUT2D eigenvalue weighted by molar-refractivity contribution is 5.77. The Morgan fingerprint density at radius 1 is 1.04 bits per heavy atom. The van der Waals surface area contributed by atoms with Gasteiger partial charge in [-0.15, -0.1) is 5.11 Å². The topological polar surface area (TPSA) is 60.2 Å². The Bertz CT molecular complexity index is 696. The van der Waals surface area contributed by atoms with E-state index in [1.54, 1.807) is 7.11 Å². The second-order valence-electron chi connectivity index (χ2n) is 5.68. The van der Waals surface area contributed by atoms with E-state index in [0.29, 0.717) is 12.3 Å². The molecule has 0 saturated carbocycles. The molecular formula is C20H24N2O3. The van der Waals surface area contributed by atoms with E-state index in [1.165, 1.54) is 18.4 Å². The normalized spacial score (nSPS) is 10.8. The smallest absolute Gasteiger partial charge is 0.301 e. The molecule has 0 fully saturated rings. The average Bonchev–Trinajstić information content (AvgIpc) is 2.65. The molecule has 2 rings (SSSR count). The molecule has 25 heavy (non-hydrogen) atoms. The number of rotatable bonds is 9. The summed E-state index contributed by atoms with van der Waals surface area (Å²) in [6.45, 7) is 2.39. The number of benzene rings is 2. The fraction of sp³-hybridized carbons (Fsp3) is 0.350. The van der Waals surface area contributed by atoms with E-state index in [-0.39, 0.29) is 6.61 Å². The molecular weight excluding hydrogens is 316 g/mol. The van der Waals surface area contributed by atoms with E-state index in [9.17, 15) is 4.79 Å². The highest BCUT2D eigenvalue weighted by atomic mass is 16.5. The minimum Gasteiger partial charge on any atom is -0.497 e. The van der Waals surface area contributed by atoms with Crippen LogP contribution in [0.25, 0.3) is 0 Å². The van der Waals surface area contributed by atoms with Gasteiger partial charge < -0.3 is 9.47 Å². The maximum atomic E-state index is 11.7. The first-order valence-corrected chi connectivity index (χ1v) is 8.46. The Morgan fingerprint density at radius 3 is 2.56 bits per heavy atom. The molecule has 0 aliphatic carbocycles. The van der Waals surface area contributed by atoms with Gasteiger partial charge in [0.15, 0.2) is 6.61 Å². The van der Waals surface area contributed by atoms with Crippen LogP contribution in [0.3, 0.4) is 0 Å². The first kappa shape index (κ1) is 18.6. The van der Waals surface area contributed by atoms with Gasteiger partial charge in [-0.05, 0) is 48.2 Å². The van der Waals surface area contributed by atoms with Crippen LogP contribution in [0.4, 0.5) is 0 Å². The lowest BCUT2D eigenvalue weighted by atomic mass is 10.1. The van der Waals surface area contributed by atoms with Crippen molar-refractivity contribution in [1.29, 1.82) is 0 Å². The van der Waals surface area contributed by atoms with Crippen molar-refractivity contribution in [2.75, 3.05) is 13.7 Å². The summed E-state index contributed by atoms with van der Waals surface area (Å²) < 4.78 is 10.6. The third-order valence-corrected chi connectivity index (χ3v) is 3.67. The second-order valence-corrected chi connectivity index (χ2v) is 5.68. The zero-order valence-electron chi connectivity index (χ0n) is 14.8. The van der Waals surface area contributed by atoms with E-state index in [1.807, 2.05) is 48.5 Å². The fourth-order valence-electron chi connectivity index (χ4n) is 2.27. The lowest BCUT2D eigenvalue weighted by molar-refractivity contribution is -0.120. The van der Waals surface area contributed by atoms with Crippen molar-refractivity contribution >= 4 is 5.91 Å². The standard InChI is InChI=1S/C20H24N2O3/c1-3-4-6-16-9-11-18(12-10-16)25-15-20(23)22-21-14-17-7-5-8-19(13-17)24-2/h5,7-13H,3-4,6,14-15H2,1-2H3. The molecule has 0 N–H and O–H groups in total. The summed E-state index contributed by atoms with van der Waals surface area (Å²) in [5, 5.41) is 7.59. The SMILES string of the molecule is CCCCc1ccc(OCC(=O)N=NCc2cccc(OC)c2)cc1. The number of methoxy groups -OCH3 is 1. The molecule has 0 unspecified atom stereocenters. The number of amides is 1. The largest absolute Gasteiger partial charge is 0.497 e. The average molecular weight is 340 g/mol. The Hall–Kier alpha value is -2.69. The van der Waals surface area contributed by atoms with Crippen LogP contribution in [0.5, 0.6) is 11.5 Å². The number of hydrogen-bond donors (Lipinski definition) is 0. The van der Waals surface area contributed by atoms with Gasteiger partial charge in [-0.25, -0.2) is 0 Å². The van der Waals surface area contributed by atoms with Crippen LogP contribution in [0, 0.1) is 0 Å². The van der Waals surface area contributed by atoms with Gasteiger partial charge in [-0.1, -0.05) is 37.6 Å². The molecule has 2 aromatic rings. The molecule has 0 aliphatic heterocycles. The van der Waals surface area contributed by atoms with E-state index < -0.39 is 5.91 Å². The van der Waals surface area contributed by atoms with Gasteiger partial charge in [-0.2, -0.15) is 5.11 Å². The summed E-state index contributed by atoms with van der Waals surface area (Å²) in [6.07, 6.45) is 3.41. The van der Waals surface area contributed by atoms with Crippen LogP contribution in [0.1, 0.15) is 30.9 Å². The first-order chi connectivity index (χ1) is 12.2. The second kappa shape index (κ2) is 10.2. The molecule has 0 aliphatic rings. The van der Waals surface area contributed by atoms with Crippen LogP contribution in [-0.4, -0.2) is 19.6 Å². The van der Waals surface area contributed by atoms with Crippen molar-refractivity contribution in [2.45, 2.75) is 32.7 Å². The van der Waals surface area contributed by atoms with Crippen molar-refractivity contribution in [1.82, 2.24) is 0 Å². The minimum atomic E-state index is -0.405. The molecule has 1 amide bonds. The number of ether oxygens (including phenoxy) is 2. The van der Waals surface area contributed by atoms with Gasteiger partial charge in [0, 0.05) is 0 Å². The number of unbranched alkanes of at least 4 members (excludes halogenated alkanes) is 1. The maximum Gasteiger partial charge on any atom is 0.301 e. The molecule has 0 spiro atoms. The van der Waals surface area contributed by atoms with Gasteiger partial charge >= 0.3 is 5.91 Å². The van der Waals surface area contributed by atoms with Gasteiger partial charge in [0.05, 0.1) is 13.7 Å². The zero-order chi connectivity index (χ0) is 17.9. The predicted molar refractivity (Wildman–Crippen MR) is 97.1 cm³/mol. The number of carbonyl (C=O) groups is 1. The van der Waals surface area contributed by atoms with Crippen LogP contribution in [0.2, 0.25) is 0 Å². The van der Waals surface area contributed by atoms with E-state index in [4.69, 9.17) is 9.47 Å². The maximum absolute atomic E-state index is 11.7. The van der Waals surface area contributed by atoms with Gasteiger partial charge in [0.1, 0.15) is 11.5 Å². The van der Waals surface area contributed by atoms with E-state index in [0.717, 1.165) is 17.7 Å². The summed E-state index contributed by atoms with van der Waals surface area (Å²) >= 11 is 0. The van der Waals surface area contributed by atoms with Gasteiger partial charge in [0.2, 0.25) is 0 Å². The highest BCUT2D eigenvalue weighted by Crippen LogP contribution is 2.15. The summed E-state index contributed by atoms with van der Waals surface area (Å²) in [7, 11) is 1.61. The Kier molecular flexibility index (Phi) is 7.63. The third kappa shape index (κ3) is 6.75. The molecule has 5 heteroatoms. The summed E-state index contributed by atoms with van der Waals surface area (Å²) in [6, 6.07) is 15.3. The van der Waals surface area contributed by atoms with Crippen molar-refractivity contribution in [2.24, 2.45) is 10.2 Å². The van der Waals surface area contributed by atoms with Crippen molar-refractivity contribution in [3.63, 3.8) is 0 Å². The molecule has 0 radical (unpaired) electrons. The van der Waals surface area contributed by atoms with Gasteiger partial charge in [0.25, 0.3) is 0 Å². The molecule has 0 bridgehead atoms. The number of hydrogen-bond acceptors (Lipinski definition) is 4. The molecule has 132 valence electrons. The van der Waals surface area contributed by atoms with Gasteiger partial charge in [-0.3, -0.25) is 4.79 Å². The highest BCUT2D eigenvalue weighted by Gasteiger charge is 2.02. The molecule has 0 atom stereocenters. The summed E-state index contributed by atoms with van der Waals surface area (Å²) in [5.41, 5.74) is 2.21. The van der Waals surface area contributed by atoms with E-state index in [2.05, 4.69) is 17.2 Å². The molecule has 2 aromatic carbocycles. The Balaban J connectivity index is 1.76. The predicted octanol–water partition coefficient (Wildman–Crippen LogP) is 4.60. The van der Waals surface area contributed by atoms with E-state index >= 15 is 0 Å². The van der Waals surface area contributed by atoms with Crippen LogP contribution in [-0.2, 0) is 17.8 Å².